The molecule has 3 N–H and O–H groups in total. The summed E-state index contributed by atoms with van der Waals surface area (Å²) in [6.07, 6.45) is 4.05. The summed E-state index contributed by atoms with van der Waals surface area (Å²) in [6, 6.07) is 0.244. The van der Waals surface area contributed by atoms with E-state index in [1.54, 1.807) is 0 Å². The summed E-state index contributed by atoms with van der Waals surface area (Å²) in [6.45, 7) is 3.12. The van der Waals surface area contributed by atoms with E-state index in [1.165, 1.54) is 6.42 Å². The molecule has 0 aromatic rings. The van der Waals surface area contributed by atoms with Crippen molar-refractivity contribution in [3.8, 4) is 0 Å². The topological polar surface area (TPSA) is 58.4 Å². The molecule has 3 atom stereocenters. The van der Waals surface area contributed by atoms with Crippen molar-refractivity contribution in [2.75, 3.05) is 26.7 Å². The van der Waals surface area contributed by atoms with E-state index in [9.17, 15) is 4.79 Å². The van der Waals surface area contributed by atoms with E-state index in [-0.39, 0.29) is 42.7 Å². The molecular formula is C12H25Cl2N3O. The van der Waals surface area contributed by atoms with Gasteiger partial charge in [-0.3, -0.25) is 4.79 Å². The molecular weight excluding hydrogens is 273 g/mol. The molecule has 1 saturated carbocycles. The summed E-state index contributed by atoms with van der Waals surface area (Å²) in [5, 5.41) is 3.09. The molecule has 108 valence electrons. The molecule has 0 aromatic carbocycles. The minimum absolute atomic E-state index is 0. The van der Waals surface area contributed by atoms with Crippen molar-refractivity contribution < 1.29 is 4.79 Å². The number of likely N-dealkylation sites (tertiary alicyclic amines) is 1. The SMILES string of the molecule is CN1CCC(CNC(=O)C2CCC(N)C2)C1.Cl.Cl. The highest BCUT2D eigenvalue weighted by Crippen LogP contribution is 2.24. The third-order valence-electron chi connectivity index (χ3n) is 3.90. The monoisotopic (exact) mass is 297 g/mol. The molecule has 2 rings (SSSR count). The lowest BCUT2D eigenvalue weighted by Crippen LogP contribution is -2.34. The first kappa shape index (κ1) is 18.0. The average molecular weight is 298 g/mol. The predicted octanol–water partition coefficient (Wildman–Crippen LogP) is 1.03. The highest BCUT2D eigenvalue weighted by atomic mass is 35.5. The summed E-state index contributed by atoms with van der Waals surface area (Å²) >= 11 is 0. The van der Waals surface area contributed by atoms with Crippen LogP contribution in [0.2, 0.25) is 0 Å². The maximum absolute atomic E-state index is 11.8. The lowest BCUT2D eigenvalue weighted by molar-refractivity contribution is -0.125. The molecule has 4 nitrogen and oxygen atoms in total. The number of halogens is 2. The number of nitrogens with two attached hydrogens (primary N) is 1. The van der Waals surface area contributed by atoms with Crippen molar-refractivity contribution in [1.29, 1.82) is 0 Å². The van der Waals surface area contributed by atoms with Gasteiger partial charge in [-0.05, 0) is 45.2 Å². The van der Waals surface area contributed by atoms with Crippen molar-refractivity contribution in [2.45, 2.75) is 31.7 Å². The normalized spacial score (nSPS) is 31.6. The second-order valence-electron chi connectivity index (χ2n) is 5.43. The smallest absolute Gasteiger partial charge is 0.223 e. The number of nitrogens with zero attached hydrogens (tertiary/aromatic N) is 1. The molecule has 0 bridgehead atoms. The zero-order valence-electron chi connectivity index (χ0n) is 10.9. The number of amides is 1. The Balaban J connectivity index is 0.00000144. The van der Waals surface area contributed by atoms with Crippen LogP contribution in [0.5, 0.6) is 0 Å². The van der Waals surface area contributed by atoms with Crippen LogP contribution in [0.15, 0.2) is 0 Å². The van der Waals surface area contributed by atoms with Gasteiger partial charge in [0.1, 0.15) is 0 Å². The van der Waals surface area contributed by atoms with Gasteiger partial charge in [0.05, 0.1) is 0 Å². The van der Waals surface area contributed by atoms with Crippen LogP contribution >= 0.6 is 24.8 Å². The molecule has 0 radical (unpaired) electrons. The Labute approximate surface area is 122 Å². The van der Waals surface area contributed by atoms with Gasteiger partial charge in [-0.1, -0.05) is 0 Å². The summed E-state index contributed by atoms with van der Waals surface area (Å²) in [5.74, 6) is 1.04. The van der Waals surface area contributed by atoms with Gasteiger partial charge in [0.2, 0.25) is 5.91 Å². The predicted molar refractivity (Wildman–Crippen MR) is 78.4 cm³/mol. The number of hydrogen-bond donors (Lipinski definition) is 2. The fraction of sp³-hybridized carbons (Fsp3) is 0.917. The van der Waals surface area contributed by atoms with Crippen LogP contribution in [-0.2, 0) is 4.79 Å². The van der Waals surface area contributed by atoms with Crippen LogP contribution in [0.1, 0.15) is 25.7 Å². The first-order valence-corrected chi connectivity index (χ1v) is 6.37. The Bertz CT molecular complexity index is 266. The summed E-state index contributed by atoms with van der Waals surface area (Å²) in [4.78, 5) is 14.2. The number of rotatable bonds is 3. The molecule has 2 fully saturated rings. The number of carbonyl (C=O) groups excluding carboxylic acids is 1. The molecule has 1 heterocycles. The lowest BCUT2D eigenvalue weighted by atomic mass is 10.1. The van der Waals surface area contributed by atoms with Gasteiger partial charge in [0, 0.05) is 25.0 Å². The Kier molecular flexibility index (Phi) is 8.19. The largest absolute Gasteiger partial charge is 0.356 e. The maximum Gasteiger partial charge on any atom is 0.223 e. The van der Waals surface area contributed by atoms with Gasteiger partial charge >= 0.3 is 0 Å². The number of nitrogens with one attached hydrogen (secondary N) is 1. The van der Waals surface area contributed by atoms with Crippen molar-refractivity contribution in [1.82, 2.24) is 10.2 Å². The van der Waals surface area contributed by atoms with Crippen LogP contribution in [0.25, 0.3) is 0 Å². The Morgan fingerprint density at radius 3 is 2.56 bits per heavy atom. The molecule has 1 aliphatic carbocycles. The molecule has 3 unspecified atom stereocenters. The zero-order chi connectivity index (χ0) is 11.5. The van der Waals surface area contributed by atoms with Gasteiger partial charge in [0.25, 0.3) is 0 Å². The van der Waals surface area contributed by atoms with Gasteiger partial charge in [0.15, 0.2) is 0 Å². The van der Waals surface area contributed by atoms with E-state index < -0.39 is 0 Å². The van der Waals surface area contributed by atoms with Gasteiger partial charge < -0.3 is 16.0 Å². The fourth-order valence-electron chi connectivity index (χ4n) is 2.84. The van der Waals surface area contributed by atoms with Gasteiger partial charge in [-0.25, -0.2) is 0 Å². The van der Waals surface area contributed by atoms with Crippen LogP contribution in [0.4, 0.5) is 0 Å². The second-order valence-corrected chi connectivity index (χ2v) is 5.43. The van der Waals surface area contributed by atoms with E-state index in [0.717, 1.165) is 38.9 Å². The van der Waals surface area contributed by atoms with E-state index in [2.05, 4.69) is 17.3 Å². The van der Waals surface area contributed by atoms with E-state index in [1.807, 2.05) is 0 Å². The lowest BCUT2D eigenvalue weighted by Gasteiger charge is -2.14. The Hall–Kier alpha value is -0.0300. The Morgan fingerprint density at radius 1 is 1.33 bits per heavy atom. The van der Waals surface area contributed by atoms with E-state index >= 15 is 0 Å². The van der Waals surface area contributed by atoms with Crippen molar-refractivity contribution in [3.05, 3.63) is 0 Å². The Morgan fingerprint density at radius 2 is 2.06 bits per heavy atom. The van der Waals surface area contributed by atoms with Crippen molar-refractivity contribution in [3.63, 3.8) is 0 Å². The fourth-order valence-corrected chi connectivity index (χ4v) is 2.84. The summed E-state index contributed by atoms with van der Waals surface area (Å²) < 4.78 is 0. The third kappa shape index (κ3) is 4.92. The van der Waals surface area contributed by atoms with Crippen LogP contribution in [-0.4, -0.2) is 43.5 Å². The second kappa shape index (κ2) is 8.20. The first-order valence-electron chi connectivity index (χ1n) is 6.37. The number of carbonyl (C=O) groups is 1. The minimum Gasteiger partial charge on any atom is -0.356 e. The molecule has 1 saturated heterocycles. The summed E-state index contributed by atoms with van der Waals surface area (Å²) in [7, 11) is 2.14. The van der Waals surface area contributed by atoms with Crippen LogP contribution in [0.3, 0.4) is 0 Å². The standard InChI is InChI=1S/C12H23N3O.2ClH/c1-15-5-4-9(8-15)7-14-12(16)10-2-3-11(13)6-10;;/h9-11H,2-8,13H2,1H3,(H,14,16);2*1H. The number of hydrogen-bond acceptors (Lipinski definition) is 3. The highest BCUT2D eigenvalue weighted by Gasteiger charge is 2.28. The van der Waals surface area contributed by atoms with Crippen molar-refractivity contribution >= 4 is 30.7 Å². The highest BCUT2D eigenvalue weighted by molar-refractivity contribution is 5.85. The molecule has 1 aliphatic heterocycles. The molecule has 2 aliphatic rings. The maximum atomic E-state index is 11.8. The average Bonchev–Trinajstić information content (AvgIpc) is 2.84. The van der Waals surface area contributed by atoms with Crippen LogP contribution < -0.4 is 11.1 Å². The molecule has 6 heteroatoms. The molecule has 0 aromatic heterocycles. The zero-order valence-corrected chi connectivity index (χ0v) is 12.6. The van der Waals surface area contributed by atoms with E-state index in [0.29, 0.717) is 5.92 Å². The van der Waals surface area contributed by atoms with Crippen molar-refractivity contribution in [2.24, 2.45) is 17.6 Å². The molecule has 18 heavy (non-hydrogen) atoms. The van der Waals surface area contributed by atoms with Gasteiger partial charge in [-0.2, -0.15) is 0 Å². The van der Waals surface area contributed by atoms with Crippen LogP contribution in [0, 0.1) is 11.8 Å². The molecule has 0 spiro atoms. The van der Waals surface area contributed by atoms with E-state index in [4.69, 9.17) is 5.73 Å². The first-order chi connectivity index (χ1) is 7.65. The minimum atomic E-state index is 0. The summed E-state index contributed by atoms with van der Waals surface area (Å²) in [5.41, 5.74) is 5.81. The quantitative estimate of drug-likeness (QED) is 0.818. The van der Waals surface area contributed by atoms with Gasteiger partial charge in [-0.15, -0.1) is 24.8 Å². The molecule has 1 amide bonds. The third-order valence-corrected chi connectivity index (χ3v) is 3.90.